The molecule has 5 heteroatoms. The summed E-state index contributed by atoms with van der Waals surface area (Å²) in [5.41, 5.74) is 1.000. The van der Waals surface area contributed by atoms with Gasteiger partial charge in [0.05, 0.1) is 6.42 Å². The fraction of sp³-hybridized carbons (Fsp3) is 0.294. The second-order valence-corrected chi connectivity index (χ2v) is 7.12. The van der Waals surface area contributed by atoms with Gasteiger partial charge in [0.25, 0.3) is 0 Å². The lowest BCUT2D eigenvalue weighted by Gasteiger charge is -2.17. The highest BCUT2D eigenvalue weighted by molar-refractivity contribution is 7.10. The Morgan fingerprint density at radius 3 is 2.09 bits per heavy atom. The van der Waals surface area contributed by atoms with Crippen LogP contribution < -0.4 is 10.6 Å². The molecule has 1 aromatic heterocycles. The number of amides is 2. The van der Waals surface area contributed by atoms with Crippen LogP contribution in [0.3, 0.4) is 0 Å². The van der Waals surface area contributed by atoms with Gasteiger partial charge in [0, 0.05) is 21.7 Å². The van der Waals surface area contributed by atoms with Gasteiger partial charge in [-0.05, 0) is 35.7 Å². The summed E-state index contributed by atoms with van der Waals surface area (Å²) < 4.78 is 0. The summed E-state index contributed by atoms with van der Waals surface area (Å²) in [4.78, 5) is 24.8. The third-order valence-corrected chi connectivity index (χ3v) is 3.90. The molecule has 0 saturated carbocycles. The van der Waals surface area contributed by atoms with Crippen molar-refractivity contribution in [3.8, 4) is 0 Å². The first-order valence-electron chi connectivity index (χ1n) is 7.08. The fourth-order valence-electron chi connectivity index (χ4n) is 1.73. The summed E-state index contributed by atoms with van der Waals surface area (Å²) in [6.45, 7) is 5.59. The number of hydrogen-bond donors (Lipinski definition) is 2. The summed E-state index contributed by atoms with van der Waals surface area (Å²) in [5, 5.41) is 7.65. The zero-order chi connectivity index (χ0) is 16.2. The van der Waals surface area contributed by atoms with E-state index in [1.807, 2.05) is 38.3 Å². The molecule has 0 spiro atoms. The molecule has 0 atom stereocenters. The van der Waals surface area contributed by atoms with E-state index in [0.717, 1.165) is 16.3 Å². The van der Waals surface area contributed by atoms with Crippen molar-refractivity contribution >= 4 is 34.5 Å². The first-order chi connectivity index (χ1) is 10.3. The summed E-state index contributed by atoms with van der Waals surface area (Å²) in [6.07, 6.45) is 0.375. The van der Waals surface area contributed by atoms with E-state index in [1.165, 1.54) is 0 Å². The molecular weight excluding hydrogens is 296 g/mol. The predicted molar refractivity (Wildman–Crippen MR) is 91.2 cm³/mol. The van der Waals surface area contributed by atoms with Gasteiger partial charge in [0.15, 0.2) is 0 Å². The molecule has 116 valence electrons. The molecule has 1 aromatic carbocycles. The number of nitrogens with one attached hydrogen (secondary N) is 2. The third kappa shape index (κ3) is 4.70. The largest absolute Gasteiger partial charge is 0.326 e. The maximum Gasteiger partial charge on any atom is 0.229 e. The van der Waals surface area contributed by atoms with Gasteiger partial charge >= 0.3 is 0 Å². The quantitative estimate of drug-likeness (QED) is 0.898. The summed E-state index contributed by atoms with van der Waals surface area (Å²) in [6, 6.07) is 11.0. The van der Waals surface area contributed by atoms with E-state index >= 15 is 0 Å². The molecule has 0 unspecified atom stereocenters. The van der Waals surface area contributed by atoms with E-state index < -0.39 is 5.41 Å². The molecule has 0 radical (unpaired) electrons. The number of carbonyl (C=O) groups is 2. The molecule has 0 bridgehead atoms. The zero-order valence-electron chi connectivity index (χ0n) is 13.0. The van der Waals surface area contributed by atoms with Gasteiger partial charge in [0.1, 0.15) is 0 Å². The molecule has 4 nitrogen and oxygen atoms in total. The van der Waals surface area contributed by atoms with Crippen molar-refractivity contribution in [1.29, 1.82) is 0 Å². The maximum absolute atomic E-state index is 11.9. The summed E-state index contributed by atoms with van der Waals surface area (Å²) in [5.74, 6) is -0.0871. The van der Waals surface area contributed by atoms with Crippen LogP contribution in [0.1, 0.15) is 25.6 Å². The number of anilines is 2. The molecule has 0 fully saturated rings. The topological polar surface area (TPSA) is 58.2 Å². The molecule has 1 heterocycles. The Labute approximate surface area is 134 Å². The molecular formula is C17H20N2O2S. The van der Waals surface area contributed by atoms with Crippen molar-refractivity contribution < 1.29 is 9.59 Å². The van der Waals surface area contributed by atoms with Crippen LogP contribution in [0.15, 0.2) is 41.8 Å². The Morgan fingerprint density at radius 1 is 1.00 bits per heavy atom. The van der Waals surface area contributed by atoms with E-state index in [-0.39, 0.29) is 11.8 Å². The molecule has 2 amide bonds. The first kappa shape index (κ1) is 16.2. The SMILES string of the molecule is CC(C)(C)C(=O)Nc1ccc(NC(=O)Cc2cccs2)cc1. The zero-order valence-corrected chi connectivity index (χ0v) is 13.8. The van der Waals surface area contributed by atoms with E-state index in [9.17, 15) is 9.59 Å². The normalized spacial score (nSPS) is 11.0. The van der Waals surface area contributed by atoms with Crippen molar-refractivity contribution in [2.24, 2.45) is 5.41 Å². The lowest BCUT2D eigenvalue weighted by Crippen LogP contribution is -2.27. The Bertz CT molecular complexity index is 640. The monoisotopic (exact) mass is 316 g/mol. The van der Waals surface area contributed by atoms with Crippen molar-refractivity contribution in [2.75, 3.05) is 10.6 Å². The van der Waals surface area contributed by atoms with Gasteiger partial charge in [0.2, 0.25) is 11.8 Å². The van der Waals surface area contributed by atoms with Gasteiger partial charge in [-0.15, -0.1) is 11.3 Å². The number of carbonyl (C=O) groups excluding carboxylic acids is 2. The molecule has 0 aliphatic rings. The average Bonchev–Trinajstić information content (AvgIpc) is 2.92. The minimum Gasteiger partial charge on any atom is -0.326 e. The van der Waals surface area contributed by atoms with E-state index in [4.69, 9.17) is 0 Å². The van der Waals surface area contributed by atoms with Crippen molar-refractivity contribution in [3.63, 3.8) is 0 Å². The molecule has 0 saturated heterocycles. The van der Waals surface area contributed by atoms with Crippen LogP contribution in [-0.2, 0) is 16.0 Å². The summed E-state index contributed by atoms with van der Waals surface area (Å²) in [7, 11) is 0. The van der Waals surface area contributed by atoms with Gasteiger partial charge in [-0.2, -0.15) is 0 Å². The van der Waals surface area contributed by atoms with Crippen LogP contribution in [0.25, 0.3) is 0 Å². The maximum atomic E-state index is 11.9. The molecule has 0 aliphatic carbocycles. The molecule has 2 N–H and O–H groups in total. The minimum absolute atomic E-state index is 0.0398. The molecule has 22 heavy (non-hydrogen) atoms. The lowest BCUT2D eigenvalue weighted by molar-refractivity contribution is -0.123. The van der Waals surface area contributed by atoms with Gasteiger partial charge in [-0.1, -0.05) is 26.8 Å². The number of rotatable bonds is 4. The van der Waals surface area contributed by atoms with Crippen molar-refractivity contribution in [1.82, 2.24) is 0 Å². The Balaban J connectivity index is 1.91. The van der Waals surface area contributed by atoms with Crippen molar-refractivity contribution in [3.05, 3.63) is 46.7 Å². The minimum atomic E-state index is -0.437. The highest BCUT2D eigenvalue weighted by Crippen LogP contribution is 2.19. The Morgan fingerprint density at radius 2 is 1.59 bits per heavy atom. The van der Waals surface area contributed by atoms with Gasteiger partial charge in [-0.25, -0.2) is 0 Å². The van der Waals surface area contributed by atoms with Crippen LogP contribution in [0.4, 0.5) is 11.4 Å². The number of thiophene rings is 1. The van der Waals surface area contributed by atoms with Crippen molar-refractivity contribution in [2.45, 2.75) is 27.2 Å². The van der Waals surface area contributed by atoms with Crippen LogP contribution in [0.5, 0.6) is 0 Å². The second kappa shape index (κ2) is 6.75. The van der Waals surface area contributed by atoms with Gasteiger partial charge < -0.3 is 10.6 Å². The Hall–Kier alpha value is -2.14. The molecule has 2 rings (SSSR count). The highest BCUT2D eigenvalue weighted by Gasteiger charge is 2.20. The average molecular weight is 316 g/mol. The third-order valence-electron chi connectivity index (χ3n) is 3.02. The first-order valence-corrected chi connectivity index (χ1v) is 7.96. The number of hydrogen-bond acceptors (Lipinski definition) is 3. The second-order valence-electron chi connectivity index (χ2n) is 6.09. The van der Waals surface area contributed by atoms with E-state index in [1.54, 1.807) is 35.6 Å². The molecule has 0 aliphatic heterocycles. The van der Waals surface area contributed by atoms with Crippen LogP contribution in [-0.4, -0.2) is 11.8 Å². The van der Waals surface area contributed by atoms with Crippen LogP contribution in [0, 0.1) is 5.41 Å². The summed E-state index contributed by atoms with van der Waals surface area (Å²) >= 11 is 1.57. The van der Waals surface area contributed by atoms with Crippen LogP contribution in [0.2, 0.25) is 0 Å². The highest BCUT2D eigenvalue weighted by atomic mass is 32.1. The van der Waals surface area contributed by atoms with E-state index in [0.29, 0.717) is 6.42 Å². The molecule has 2 aromatic rings. The van der Waals surface area contributed by atoms with Gasteiger partial charge in [-0.3, -0.25) is 9.59 Å². The number of benzene rings is 1. The van der Waals surface area contributed by atoms with Crippen LogP contribution >= 0.6 is 11.3 Å². The standard InChI is InChI=1S/C17H20N2O2S/c1-17(2,3)16(21)19-13-8-6-12(7-9-13)18-15(20)11-14-5-4-10-22-14/h4-10H,11H2,1-3H3,(H,18,20)(H,19,21). The lowest BCUT2D eigenvalue weighted by atomic mass is 9.95. The smallest absolute Gasteiger partial charge is 0.229 e. The fourth-order valence-corrected chi connectivity index (χ4v) is 2.44. The Kier molecular flexibility index (Phi) is 4.98. The van der Waals surface area contributed by atoms with E-state index in [2.05, 4.69) is 10.6 Å². The predicted octanol–water partition coefficient (Wildman–Crippen LogP) is 3.91.